The highest BCUT2D eigenvalue weighted by molar-refractivity contribution is 7.15. The van der Waals surface area contributed by atoms with Gasteiger partial charge in [0.05, 0.1) is 28.5 Å². The van der Waals surface area contributed by atoms with Crippen molar-refractivity contribution in [2.75, 3.05) is 13.2 Å². The van der Waals surface area contributed by atoms with E-state index in [-0.39, 0.29) is 5.56 Å². The molecule has 3 heterocycles. The Labute approximate surface area is 264 Å². The molecule has 0 fully saturated rings. The largest absolute Gasteiger partial charge is 0.494 e. The summed E-state index contributed by atoms with van der Waals surface area (Å²) < 4.78 is 15.1. The number of hydrogen-bond acceptors (Lipinski definition) is 7. The summed E-state index contributed by atoms with van der Waals surface area (Å²) in [6.07, 6.45) is 8.39. The Bertz CT molecular complexity index is 1980. The van der Waals surface area contributed by atoms with Gasteiger partial charge in [-0.25, -0.2) is 4.68 Å². The molecule has 0 radical (unpaired) electrons. The van der Waals surface area contributed by atoms with E-state index in [1.165, 1.54) is 35.1 Å². The Morgan fingerprint density at radius 1 is 0.909 bits per heavy atom. The molecule has 6 rings (SSSR count). The third-order valence-electron chi connectivity index (χ3n) is 7.12. The van der Waals surface area contributed by atoms with E-state index < -0.39 is 0 Å². The average molecular weight is 626 g/mol. The van der Waals surface area contributed by atoms with E-state index >= 15 is 0 Å². The van der Waals surface area contributed by atoms with Crippen LogP contribution in [0.3, 0.4) is 0 Å². The fourth-order valence-corrected chi connectivity index (χ4v) is 6.00. The molecule has 0 amide bonds. The zero-order valence-corrected chi connectivity index (χ0v) is 26.1. The Balaban J connectivity index is 1.31. The number of halogens is 1. The number of benzene rings is 3. The minimum Gasteiger partial charge on any atom is -0.494 e. The average Bonchev–Trinajstić information content (AvgIpc) is 3.74. The number of nitrogens with zero attached hydrogens (tertiary/aromatic N) is 5. The second-order valence-electron chi connectivity index (χ2n) is 10.3. The van der Waals surface area contributed by atoms with Crippen LogP contribution in [0.25, 0.3) is 39.4 Å². The first kappa shape index (κ1) is 29.6. The minimum absolute atomic E-state index is 0.237. The van der Waals surface area contributed by atoms with Crippen LogP contribution in [-0.4, -0.2) is 37.6 Å². The highest BCUT2D eigenvalue weighted by atomic mass is 35.5. The zero-order chi connectivity index (χ0) is 30.5. The molecule has 3 aromatic carbocycles. The summed E-state index contributed by atoms with van der Waals surface area (Å²) in [5, 5.41) is 9.89. The van der Waals surface area contributed by atoms with Crippen molar-refractivity contribution in [3.8, 4) is 39.8 Å². The molecular formula is C34H32ClN5O3S. The molecule has 3 aromatic heterocycles. The van der Waals surface area contributed by atoms with Gasteiger partial charge in [-0.2, -0.15) is 14.6 Å². The molecule has 0 saturated carbocycles. The van der Waals surface area contributed by atoms with Crippen LogP contribution in [0.1, 0.15) is 45.1 Å². The van der Waals surface area contributed by atoms with Crippen molar-refractivity contribution >= 4 is 34.0 Å². The van der Waals surface area contributed by atoms with Crippen LogP contribution in [-0.2, 0) is 0 Å². The Kier molecular flexibility index (Phi) is 9.04. The molecule has 0 bridgehead atoms. The predicted octanol–water partition coefficient (Wildman–Crippen LogP) is 7.23. The van der Waals surface area contributed by atoms with Crippen LogP contribution in [0.2, 0.25) is 5.02 Å². The van der Waals surface area contributed by atoms with Crippen molar-refractivity contribution in [3.05, 3.63) is 104 Å². The summed E-state index contributed by atoms with van der Waals surface area (Å²) in [4.78, 5) is 18.7. The molecule has 6 aromatic rings. The summed E-state index contributed by atoms with van der Waals surface area (Å²) in [5.41, 5.74) is 3.74. The van der Waals surface area contributed by atoms with Gasteiger partial charge in [0, 0.05) is 22.9 Å². The topological polar surface area (TPSA) is 83.5 Å². The second kappa shape index (κ2) is 13.4. The molecule has 0 spiro atoms. The third kappa shape index (κ3) is 6.39. The number of unbranched alkanes of at least 4 members (excludes halogenated alkanes) is 3. The highest BCUT2D eigenvalue weighted by Gasteiger charge is 2.16. The van der Waals surface area contributed by atoms with E-state index in [0.29, 0.717) is 45.0 Å². The SMILES string of the molecule is CCCCCCOc1ccc(-c2nc3s/c(=C\c4cn(-c5ccccc5)nc4-c4ccc(OCC)c(Cl)c4)c(=O)n3n2)cc1. The summed E-state index contributed by atoms with van der Waals surface area (Å²) in [7, 11) is 0. The van der Waals surface area contributed by atoms with Crippen molar-refractivity contribution in [1.82, 2.24) is 24.4 Å². The molecular weight excluding hydrogens is 594 g/mol. The molecule has 0 aliphatic heterocycles. The Hall–Kier alpha value is -4.47. The number of fused-ring (bicyclic) bond motifs is 1. The van der Waals surface area contributed by atoms with Gasteiger partial charge in [0.1, 0.15) is 17.2 Å². The van der Waals surface area contributed by atoms with E-state index in [1.54, 1.807) is 4.68 Å². The van der Waals surface area contributed by atoms with Gasteiger partial charge in [-0.3, -0.25) is 4.79 Å². The zero-order valence-electron chi connectivity index (χ0n) is 24.6. The quantitative estimate of drug-likeness (QED) is 0.133. The molecule has 0 N–H and O–H groups in total. The van der Waals surface area contributed by atoms with Crippen LogP contribution in [0, 0.1) is 0 Å². The second-order valence-corrected chi connectivity index (χ2v) is 11.7. The first-order valence-corrected chi connectivity index (χ1v) is 16.0. The van der Waals surface area contributed by atoms with Crippen LogP contribution in [0.4, 0.5) is 0 Å². The summed E-state index contributed by atoms with van der Waals surface area (Å²) in [6, 6.07) is 23.1. The van der Waals surface area contributed by atoms with Crippen LogP contribution < -0.4 is 19.6 Å². The number of aromatic nitrogens is 5. The summed E-state index contributed by atoms with van der Waals surface area (Å²) in [6.45, 7) is 5.33. The standard InChI is InChI=1S/C34H32ClN5O3S/c1-3-5-6-10-19-43-27-16-13-23(14-17-27)32-36-34-40(38-32)33(41)30(44-34)21-25-22-39(26-11-8-7-9-12-26)37-31(25)24-15-18-29(42-4-2)28(35)20-24/h7-9,11-18,20-22H,3-6,10,19H2,1-2H3/b30-21-. The number of hydrogen-bond donors (Lipinski definition) is 0. The minimum atomic E-state index is -0.237. The molecule has 8 nitrogen and oxygen atoms in total. The molecule has 0 atom stereocenters. The van der Waals surface area contributed by atoms with Crippen molar-refractivity contribution in [2.24, 2.45) is 0 Å². The normalized spacial score (nSPS) is 11.8. The van der Waals surface area contributed by atoms with Crippen LogP contribution in [0.15, 0.2) is 83.8 Å². The lowest BCUT2D eigenvalue weighted by Crippen LogP contribution is -2.23. The highest BCUT2D eigenvalue weighted by Crippen LogP contribution is 2.32. The lowest BCUT2D eigenvalue weighted by atomic mass is 10.1. The number of para-hydroxylation sites is 1. The van der Waals surface area contributed by atoms with Gasteiger partial charge in [0.2, 0.25) is 4.96 Å². The lowest BCUT2D eigenvalue weighted by Gasteiger charge is -2.07. The van der Waals surface area contributed by atoms with E-state index in [0.717, 1.165) is 34.5 Å². The lowest BCUT2D eigenvalue weighted by molar-refractivity contribution is 0.305. The molecule has 0 unspecified atom stereocenters. The Morgan fingerprint density at radius 3 is 2.43 bits per heavy atom. The van der Waals surface area contributed by atoms with Gasteiger partial charge >= 0.3 is 0 Å². The molecule has 0 saturated heterocycles. The van der Waals surface area contributed by atoms with Gasteiger partial charge in [-0.05, 0) is 74.0 Å². The van der Waals surface area contributed by atoms with Crippen LogP contribution in [0.5, 0.6) is 11.5 Å². The molecule has 10 heteroatoms. The smallest absolute Gasteiger partial charge is 0.291 e. The molecule has 0 aliphatic carbocycles. The van der Waals surface area contributed by atoms with Crippen molar-refractivity contribution in [1.29, 1.82) is 0 Å². The van der Waals surface area contributed by atoms with Crippen LogP contribution >= 0.6 is 22.9 Å². The van der Waals surface area contributed by atoms with E-state index in [9.17, 15) is 4.79 Å². The van der Waals surface area contributed by atoms with E-state index in [4.69, 9.17) is 26.2 Å². The molecule has 224 valence electrons. The predicted molar refractivity (Wildman–Crippen MR) is 176 cm³/mol. The Morgan fingerprint density at radius 2 is 1.70 bits per heavy atom. The number of rotatable bonds is 12. The van der Waals surface area contributed by atoms with Gasteiger partial charge in [0.15, 0.2) is 5.82 Å². The van der Waals surface area contributed by atoms with Crippen molar-refractivity contribution in [3.63, 3.8) is 0 Å². The van der Waals surface area contributed by atoms with Gasteiger partial charge < -0.3 is 9.47 Å². The maximum Gasteiger partial charge on any atom is 0.291 e. The number of ether oxygens (including phenoxy) is 2. The van der Waals surface area contributed by atoms with Gasteiger partial charge in [-0.1, -0.05) is 67.3 Å². The van der Waals surface area contributed by atoms with Crippen molar-refractivity contribution in [2.45, 2.75) is 39.5 Å². The van der Waals surface area contributed by atoms with E-state index in [1.807, 2.05) is 92.0 Å². The summed E-state index contributed by atoms with van der Waals surface area (Å²) in [5.74, 6) is 1.92. The molecule has 0 aliphatic rings. The van der Waals surface area contributed by atoms with Gasteiger partial charge in [0.25, 0.3) is 5.56 Å². The van der Waals surface area contributed by atoms with E-state index in [2.05, 4.69) is 17.0 Å². The molecule has 44 heavy (non-hydrogen) atoms. The summed E-state index contributed by atoms with van der Waals surface area (Å²) >= 11 is 7.82. The van der Waals surface area contributed by atoms with Gasteiger partial charge in [-0.15, -0.1) is 5.10 Å². The third-order valence-corrected chi connectivity index (χ3v) is 8.37. The number of thiazole rings is 1. The fraction of sp³-hybridized carbons (Fsp3) is 0.235. The maximum absolute atomic E-state index is 13.5. The monoisotopic (exact) mass is 625 g/mol. The fourth-order valence-electron chi connectivity index (χ4n) is 4.87. The maximum atomic E-state index is 13.5. The first-order valence-electron chi connectivity index (χ1n) is 14.8. The van der Waals surface area contributed by atoms with Crippen molar-refractivity contribution < 1.29 is 9.47 Å². The first-order chi connectivity index (χ1) is 21.5.